The van der Waals surface area contributed by atoms with Crippen molar-refractivity contribution in [3.8, 4) is 0 Å². The van der Waals surface area contributed by atoms with Crippen molar-refractivity contribution in [3.05, 3.63) is 41.6 Å². The van der Waals surface area contributed by atoms with E-state index in [4.69, 9.17) is 9.31 Å². The smallest absolute Gasteiger partial charge is 0.403 e. The summed E-state index contributed by atoms with van der Waals surface area (Å²) in [5.74, 6) is 0.739. The highest BCUT2D eigenvalue weighted by molar-refractivity contribution is 6.96. The first kappa shape index (κ1) is 19.9. The molecule has 3 rings (SSSR count). The van der Waals surface area contributed by atoms with Gasteiger partial charge in [0.25, 0.3) is 0 Å². The van der Waals surface area contributed by atoms with Gasteiger partial charge >= 0.3 is 7.12 Å². The summed E-state index contributed by atoms with van der Waals surface area (Å²) in [5, 5.41) is 3.09. The minimum Gasteiger partial charge on any atom is -0.403 e. The molecular formula is C22H35BO2Si. The van der Waals surface area contributed by atoms with Crippen LogP contribution in [0.5, 0.6) is 0 Å². The normalized spacial score (nSPS) is 23.6. The van der Waals surface area contributed by atoms with Crippen LogP contribution in [0.2, 0.25) is 19.4 Å². The molecule has 1 saturated carbocycles. The lowest BCUT2D eigenvalue weighted by atomic mass is 9.84. The molecule has 142 valence electrons. The summed E-state index contributed by atoms with van der Waals surface area (Å²) in [4.78, 5) is 0. The standard InChI is InChI=1S/C22H35BO2Si/c1-21(2)22(3,4)25-23(24-21)17-20(16-18-12-10-11-13-18)26(5,6)19-14-8-7-9-15-19/h7-9,14-16,18H,10-13,17H2,1-6H3/b20-16-. The molecule has 1 aromatic carbocycles. The van der Waals surface area contributed by atoms with Gasteiger partial charge in [-0.2, -0.15) is 0 Å². The van der Waals surface area contributed by atoms with E-state index in [-0.39, 0.29) is 18.3 Å². The Labute approximate surface area is 161 Å². The SMILES string of the molecule is CC1(C)OB(C/C(=C/C2CCCC2)[Si](C)(C)c2ccccc2)OC1(C)C. The molecule has 0 atom stereocenters. The topological polar surface area (TPSA) is 18.5 Å². The van der Waals surface area contributed by atoms with Crippen molar-refractivity contribution in [1.82, 2.24) is 0 Å². The second-order valence-corrected chi connectivity index (χ2v) is 14.1. The summed E-state index contributed by atoms with van der Waals surface area (Å²) in [6.07, 6.45) is 8.93. The van der Waals surface area contributed by atoms with Crippen molar-refractivity contribution < 1.29 is 9.31 Å². The Hall–Kier alpha value is -0.838. The molecule has 1 aliphatic heterocycles. The van der Waals surface area contributed by atoms with Gasteiger partial charge in [0, 0.05) is 6.32 Å². The van der Waals surface area contributed by atoms with Crippen molar-refractivity contribution in [3.63, 3.8) is 0 Å². The zero-order chi connectivity index (χ0) is 19.0. The highest BCUT2D eigenvalue weighted by Gasteiger charge is 2.51. The van der Waals surface area contributed by atoms with E-state index in [1.165, 1.54) is 30.9 Å². The van der Waals surface area contributed by atoms with Crippen LogP contribution in [-0.4, -0.2) is 26.4 Å². The van der Waals surface area contributed by atoms with Gasteiger partial charge in [-0.3, -0.25) is 0 Å². The van der Waals surface area contributed by atoms with E-state index >= 15 is 0 Å². The average molecular weight is 370 g/mol. The largest absolute Gasteiger partial charge is 0.461 e. The summed E-state index contributed by atoms with van der Waals surface area (Å²) in [6.45, 7) is 13.5. The zero-order valence-corrected chi connectivity index (χ0v) is 18.5. The molecule has 2 nitrogen and oxygen atoms in total. The van der Waals surface area contributed by atoms with Gasteiger partial charge in [0.15, 0.2) is 0 Å². The van der Waals surface area contributed by atoms with Gasteiger partial charge in [-0.25, -0.2) is 0 Å². The Morgan fingerprint density at radius 2 is 1.58 bits per heavy atom. The van der Waals surface area contributed by atoms with E-state index in [1.807, 2.05) is 0 Å². The van der Waals surface area contributed by atoms with Crippen LogP contribution >= 0.6 is 0 Å². The van der Waals surface area contributed by atoms with Gasteiger partial charge in [0.05, 0.1) is 11.2 Å². The summed E-state index contributed by atoms with van der Waals surface area (Å²) in [7, 11) is -1.87. The highest BCUT2D eigenvalue weighted by atomic mass is 28.3. The van der Waals surface area contributed by atoms with Crippen LogP contribution in [0.1, 0.15) is 53.4 Å². The minimum atomic E-state index is -1.74. The Bertz CT molecular complexity index is 629. The fourth-order valence-electron chi connectivity index (χ4n) is 4.21. The van der Waals surface area contributed by atoms with Crippen LogP contribution in [-0.2, 0) is 9.31 Å². The third-order valence-electron chi connectivity index (χ3n) is 6.82. The maximum atomic E-state index is 6.35. The average Bonchev–Trinajstić information content (AvgIpc) is 3.13. The van der Waals surface area contributed by atoms with Gasteiger partial charge < -0.3 is 9.31 Å². The van der Waals surface area contributed by atoms with Crippen molar-refractivity contribution in [2.75, 3.05) is 0 Å². The van der Waals surface area contributed by atoms with Crippen LogP contribution in [0.3, 0.4) is 0 Å². The molecule has 1 aromatic rings. The molecule has 0 bridgehead atoms. The predicted octanol–water partition coefficient (Wildman–Crippen LogP) is 5.35. The van der Waals surface area contributed by atoms with Gasteiger partial charge in [-0.1, -0.05) is 72.7 Å². The first-order valence-electron chi connectivity index (χ1n) is 10.2. The van der Waals surface area contributed by atoms with Crippen LogP contribution in [0.4, 0.5) is 0 Å². The Morgan fingerprint density at radius 3 is 2.12 bits per heavy atom. The maximum absolute atomic E-state index is 6.35. The molecule has 2 aliphatic rings. The summed E-state index contributed by atoms with van der Waals surface area (Å²) >= 11 is 0. The number of hydrogen-bond acceptors (Lipinski definition) is 2. The lowest BCUT2D eigenvalue weighted by Gasteiger charge is -2.32. The molecule has 2 fully saturated rings. The first-order chi connectivity index (χ1) is 12.1. The van der Waals surface area contributed by atoms with Crippen LogP contribution in [0.15, 0.2) is 41.6 Å². The number of benzene rings is 1. The molecule has 4 heteroatoms. The summed E-state index contributed by atoms with van der Waals surface area (Å²) in [5.41, 5.74) is -0.511. The lowest BCUT2D eigenvalue weighted by Crippen LogP contribution is -2.45. The lowest BCUT2D eigenvalue weighted by molar-refractivity contribution is 0.00578. The number of rotatable bonds is 5. The van der Waals surface area contributed by atoms with Crippen molar-refractivity contribution in [2.24, 2.45) is 5.92 Å². The van der Waals surface area contributed by atoms with Gasteiger partial charge in [-0.15, -0.1) is 0 Å². The summed E-state index contributed by atoms with van der Waals surface area (Å²) < 4.78 is 12.7. The van der Waals surface area contributed by atoms with E-state index in [1.54, 1.807) is 5.20 Å². The third kappa shape index (κ3) is 4.03. The monoisotopic (exact) mass is 370 g/mol. The van der Waals surface area contributed by atoms with Crippen LogP contribution < -0.4 is 5.19 Å². The Balaban J connectivity index is 1.87. The van der Waals surface area contributed by atoms with E-state index in [9.17, 15) is 0 Å². The number of hydrogen-bond donors (Lipinski definition) is 0. The molecule has 1 aliphatic carbocycles. The maximum Gasteiger partial charge on any atom is 0.461 e. The second-order valence-electron chi connectivity index (χ2n) is 9.62. The van der Waals surface area contributed by atoms with Crippen LogP contribution in [0.25, 0.3) is 0 Å². The van der Waals surface area contributed by atoms with E-state index in [0.717, 1.165) is 12.2 Å². The molecule has 26 heavy (non-hydrogen) atoms. The molecule has 0 radical (unpaired) electrons. The first-order valence-corrected chi connectivity index (χ1v) is 13.2. The minimum absolute atomic E-state index is 0.136. The second kappa shape index (κ2) is 7.29. The number of allylic oxidation sites excluding steroid dienone is 2. The van der Waals surface area contributed by atoms with Gasteiger partial charge in [-0.05, 0) is 46.5 Å². The summed E-state index contributed by atoms with van der Waals surface area (Å²) in [6, 6.07) is 11.1. The molecule has 0 N–H and O–H groups in total. The highest BCUT2D eigenvalue weighted by Crippen LogP contribution is 2.40. The molecule has 0 spiro atoms. The molecule has 0 amide bonds. The molecular weight excluding hydrogens is 335 g/mol. The van der Waals surface area contributed by atoms with E-state index in [2.05, 4.69) is 77.2 Å². The fourth-order valence-corrected chi connectivity index (χ4v) is 6.93. The molecule has 1 heterocycles. The Kier molecular flexibility index (Phi) is 5.58. The van der Waals surface area contributed by atoms with Gasteiger partial charge in [0.2, 0.25) is 0 Å². The quantitative estimate of drug-likeness (QED) is 0.651. The predicted molar refractivity (Wildman–Crippen MR) is 114 cm³/mol. The molecule has 1 saturated heterocycles. The van der Waals surface area contributed by atoms with E-state index in [0.29, 0.717) is 0 Å². The van der Waals surface area contributed by atoms with Crippen LogP contribution in [0, 0.1) is 5.92 Å². The molecule has 0 unspecified atom stereocenters. The van der Waals surface area contributed by atoms with Crippen molar-refractivity contribution in [2.45, 2.75) is 84.0 Å². The Morgan fingerprint density at radius 1 is 1.04 bits per heavy atom. The van der Waals surface area contributed by atoms with Crippen molar-refractivity contribution in [1.29, 1.82) is 0 Å². The zero-order valence-electron chi connectivity index (χ0n) is 17.5. The van der Waals surface area contributed by atoms with Gasteiger partial charge in [0.1, 0.15) is 8.07 Å². The van der Waals surface area contributed by atoms with E-state index < -0.39 is 8.07 Å². The fraction of sp³-hybridized carbons (Fsp3) is 0.636. The third-order valence-corrected chi connectivity index (χ3v) is 10.6. The van der Waals surface area contributed by atoms with Crippen molar-refractivity contribution >= 4 is 20.4 Å². The molecule has 0 aromatic heterocycles.